The predicted octanol–water partition coefficient (Wildman–Crippen LogP) is 16.0. The Morgan fingerprint density at radius 2 is 0.875 bits per heavy atom. The Bertz CT molecular complexity index is 3230. The standard InChI is InChI=1S/C54H35NS/c1-2-11-36(12-3-1)40-15-10-16-45(33-40)55(44-29-23-39(24-30-44)51-35-42-14-5-6-17-46(42)48-19-8-9-20-49(48)51)43-27-21-37(22-28-43)41-26-32-53-52(34-41)50-31-25-38-13-4-7-18-47(38)54(50)56-53/h1-35H. The highest BCUT2D eigenvalue weighted by molar-refractivity contribution is 7.26. The van der Waals surface area contributed by atoms with Crippen LogP contribution >= 0.6 is 11.3 Å². The molecule has 0 saturated carbocycles. The molecule has 0 bridgehead atoms. The highest BCUT2D eigenvalue weighted by Gasteiger charge is 2.16. The van der Waals surface area contributed by atoms with Crippen molar-refractivity contribution in [2.75, 3.05) is 4.90 Å². The van der Waals surface area contributed by atoms with Gasteiger partial charge >= 0.3 is 0 Å². The van der Waals surface area contributed by atoms with E-state index in [1.165, 1.54) is 85.9 Å². The molecule has 0 aliphatic carbocycles. The van der Waals surface area contributed by atoms with Crippen LogP contribution in [0.1, 0.15) is 0 Å². The molecule has 0 saturated heterocycles. The molecule has 0 aliphatic heterocycles. The molecule has 0 N–H and O–H groups in total. The summed E-state index contributed by atoms with van der Waals surface area (Å²) in [6.07, 6.45) is 0. The Morgan fingerprint density at radius 3 is 1.66 bits per heavy atom. The van der Waals surface area contributed by atoms with Crippen LogP contribution in [0.3, 0.4) is 0 Å². The number of fused-ring (bicyclic) bond motifs is 8. The second-order valence-electron chi connectivity index (χ2n) is 14.5. The van der Waals surface area contributed by atoms with Crippen molar-refractivity contribution in [3.05, 3.63) is 212 Å². The molecule has 10 aromatic carbocycles. The maximum absolute atomic E-state index is 2.37. The van der Waals surface area contributed by atoms with Crippen LogP contribution < -0.4 is 4.90 Å². The van der Waals surface area contributed by atoms with E-state index in [1.54, 1.807) is 0 Å². The molecule has 0 spiro atoms. The molecule has 1 nitrogen and oxygen atoms in total. The van der Waals surface area contributed by atoms with Gasteiger partial charge in [0.05, 0.1) is 0 Å². The maximum atomic E-state index is 2.37. The van der Waals surface area contributed by atoms with E-state index in [9.17, 15) is 0 Å². The number of rotatable bonds is 6. The van der Waals surface area contributed by atoms with E-state index >= 15 is 0 Å². The van der Waals surface area contributed by atoms with Gasteiger partial charge in [-0.25, -0.2) is 0 Å². The Kier molecular flexibility index (Phi) is 7.75. The summed E-state index contributed by atoms with van der Waals surface area (Å²) in [6.45, 7) is 0. The van der Waals surface area contributed by atoms with Crippen molar-refractivity contribution >= 4 is 80.9 Å². The van der Waals surface area contributed by atoms with E-state index < -0.39 is 0 Å². The Morgan fingerprint density at radius 1 is 0.286 bits per heavy atom. The summed E-state index contributed by atoms with van der Waals surface area (Å²) in [5, 5.41) is 10.3. The third kappa shape index (κ3) is 5.54. The quantitative estimate of drug-likeness (QED) is 0.154. The van der Waals surface area contributed by atoms with Crippen molar-refractivity contribution in [3.8, 4) is 33.4 Å². The lowest BCUT2D eigenvalue weighted by Gasteiger charge is -2.26. The van der Waals surface area contributed by atoms with Crippen LogP contribution in [0.15, 0.2) is 212 Å². The number of nitrogens with zero attached hydrogens (tertiary/aromatic N) is 1. The van der Waals surface area contributed by atoms with Crippen LogP contribution in [0.25, 0.3) is 85.9 Å². The normalized spacial score (nSPS) is 11.6. The molecule has 1 aromatic heterocycles. The van der Waals surface area contributed by atoms with E-state index in [4.69, 9.17) is 0 Å². The monoisotopic (exact) mass is 729 g/mol. The topological polar surface area (TPSA) is 3.24 Å². The first-order chi connectivity index (χ1) is 27.7. The van der Waals surface area contributed by atoms with Crippen LogP contribution in [-0.4, -0.2) is 0 Å². The highest BCUT2D eigenvalue weighted by atomic mass is 32.1. The molecular weight excluding hydrogens is 695 g/mol. The molecule has 0 unspecified atom stereocenters. The van der Waals surface area contributed by atoms with E-state index in [2.05, 4.69) is 217 Å². The zero-order chi connectivity index (χ0) is 37.0. The van der Waals surface area contributed by atoms with Gasteiger partial charge in [0.25, 0.3) is 0 Å². The van der Waals surface area contributed by atoms with Gasteiger partial charge in [0.1, 0.15) is 0 Å². The SMILES string of the molecule is c1ccc(-c2cccc(N(c3ccc(-c4ccc5sc6c7ccccc7ccc6c5c4)cc3)c3ccc(-c4cc5ccccc5c5ccccc45)cc3)c2)cc1. The van der Waals surface area contributed by atoms with Crippen molar-refractivity contribution < 1.29 is 0 Å². The third-order valence-electron chi connectivity index (χ3n) is 11.2. The summed E-state index contributed by atoms with van der Waals surface area (Å²) in [5.41, 5.74) is 10.6. The molecule has 0 aliphatic rings. The van der Waals surface area contributed by atoms with E-state index in [-0.39, 0.29) is 0 Å². The summed E-state index contributed by atoms with van der Waals surface area (Å²) < 4.78 is 2.68. The van der Waals surface area contributed by atoms with Gasteiger partial charge < -0.3 is 4.90 Å². The first-order valence-electron chi connectivity index (χ1n) is 19.2. The summed E-state index contributed by atoms with van der Waals surface area (Å²) >= 11 is 1.89. The number of hydrogen-bond donors (Lipinski definition) is 0. The van der Waals surface area contributed by atoms with Gasteiger partial charge in [-0.3, -0.25) is 0 Å². The van der Waals surface area contributed by atoms with Gasteiger partial charge in [0, 0.05) is 37.2 Å². The van der Waals surface area contributed by atoms with Gasteiger partial charge in [0.15, 0.2) is 0 Å². The molecule has 1 heterocycles. The minimum atomic E-state index is 1.11. The lowest BCUT2D eigenvalue weighted by Crippen LogP contribution is -2.10. The number of anilines is 3. The Balaban J connectivity index is 1.00. The molecule has 11 aromatic rings. The van der Waals surface area contributed by atoms with Crippen molar-refractivity contribution in [2.24, 2.45) is 0 Å². The zero-order valence-corrected chi connectivity index (χ0v) is 31.4. The largest absolute Gasteiger partial charge is 0.310 e. The minimum absolute atomic E-state index is 1.11. The molecule has 0 atom stereocenters. The molecule has 56 heavy (non-hydrogen) atoms. The number of benzene rings is 10. The average Bonchev–Trinajstić information content (AvgIpc) is 3.66. The van der Waals surface area contributed by atoms with E-state index in [0.717, 1.165) is 17.1 Å². The summed E-state index contributed by atoms with van der Waals surface area (Å²) in [4.78, 5) is 2.37. The molecular formula is C54H35NS. The first kappa shape index (κ1) is 32.4. The van der Waals surface area contributed by atoms with Crippen LogP contribution in [0.2, 0.25) is 0 Å². The third-order valence-corrected chi connectivity index (χ3v) is 12.5. The lowest BCUT2D eigenvalue weighted by molar-refractivity contribution is 1.28. The van der Waals surface area contributed by atoms with Crippen molar-refractivity contribution in [2.45, 2.75) is 0 Å². The fraction of sp³-hybridized carbons (Fsp3) is 0. The molecule has 2 heteroatoms. The van der Waals surface area contributed by atoms with Crippen LogP contribution in [0.5, 0.6) is 0 Å². The molecule has 262 valence electrons. The lowest BCUT2D eigenvalue weighted by atomic mass is 9.93. The van der Waals surface area contributed by atoms with Crippen molar-refractivity contribution in [1.82, 2.24) is 0 Å². The molecule has 0 fully saturated rings. The summed E-state index contributed by atoms with van der Waals surface area (Å²) in [6, 6.07) is 77.6. The fourth-order valence-corrected chi connectivity index (χ4v) is 9.69. The Hall–Kier alpha value is -7.00. The van der Waals surface area contributed by atoms with Gasteiger partial charge in [-0.15, -0.1) is 11.3 Å². The van der Waals surface area contributed by atoms with Crippen LogP contribution in [0.4, 0.5) is 17.1 Å². The number of thiophene rings is 1. The number of hydrogen-bond acceptors (Lipinski definition) is 2. The van der Waals surface area contributed by atoms with E-state index in [0.29, 0.717) is 0 Å². The van der Waals surface area contributed by atoms with Crippen LogP contribution in [0, 0.1) is 0 Å². The second kappa shape index (κ2) is 13.4. The van der Waals surface area contributed by atoms with Crippen molar-refractivity contribution in [1.29, 1.82) is 0 Å². The van der Waals surface area contributed by atoms with Crippen LogP contribution in [-0.2, 0) is 0 Å². The predicted molar refractivity (Wildman–Crippen MR) is 243 cm³/mol. The summed E-state index contributed by atoms with van der Waals surface area (Å²) in [5.74, 6) is 0. The van der Waals surface area contributed by atoms with Gasteiger partial charge in [0.2, 0.25) is 0 Å². The Labute approximate surface area is 330 Å². The van der Waals surface area contributed by atoms with Gasteiger partial charge in [-0.05, 0) is 120 Å². The highest BCUT2D eigenvalue weighted by Crippen LogP contribution is 2.42. The van der Waals surface area contributed by atoms with Gasteiger partial charge in [-0.1, -0.05) is 158 Å². The fourth-order valence-electron chi connectivity index (χ4n) is 8.47. The molecule has 11 rings (SSSR count). The summed E-state index contributed by atoms with van der Waals surface area (Å²) in [7, 11) is 0. The van der Waals surface area contributed by atoms with Crippen molar-refractivity contribution in [3.63, 3.8) is 0 Å². The van der Waals surface area contributed by atoms with Gasteiger partial charge in [-0.2, -0.15) is 0 Å². The zero-order valence-electron chi connectivity index (χ0n) is 30.6. The first-order valence-corrected chi connectivity index (χ1v) is 20.0. The minimum Gasteiger partial charge on any atom is -0.310 e. The second-order valence-corrected chi connectivity index (χ2v) is 15.6. The maximum Gasteiger partial charge on any atom is 0.0467 e. The molecule has 0 radical (unpaired) electrons. The smallest absolute Gasteiger partial charge is 0.0467 e. The van der Waals surface area contributed by atoms with E-state index in [1.807, 2.05) is 11.3 Å². The molecule has 0 amide bonds. The average molecular weight is 730 g/mol.